The third-order valence-electron chi connectivity index (χ3n) is 3.71. The van der Waals surface area contributed by atoms with E-state index in [2.05, 4.69) is 16.6 Å². The second-order valence-corrected chi connectivity index (χ2v) is 6.37. The first-order valence-corrected chi connectivity index (χ1v) is 9.03. The van der Waals surface area contributed by atoms with Crippen LogP contribution in [-0.4, -0.2) is 24.7 Å². The van der Waals surface area contributed by atoms with Crippen LogP contribution < -0.4 is 4.74 Å². The molecule has 0 saturated carbocycles. The minimum Gasteiger partial charge on any atom is -0.484 e. The maximum Gasteiger partial charge on any atom is 0.189 e. The largest absolute Gasteiger partial charge is 0.484 e. The molecule has 26 heavy (non-hydrogen) atoms. The summed E-state index contributed by atoms with van der Waals surface area (Å²) >= 11 is 12.3. The molecular weight excluding hydrogens is 377 g/mol. The van der Waals surface area contributed by atoms with Gasteiger partial charge >= 0.3 is 0 Å². The summed E-state index contributed by atoms with van der Waals surface area (Å²) in [4.78, 5) is 26.7. The zero-order chi connectivity index (χ0) is 19.5. The summed E-state index contributed by atoms with van der Waals surface area (Å²) < 4.78 is 5.43. The molecule has 0 saturated heterocycles. The van der Waals surface area contributed by atoms with E-state index in [4.69, 9.17) is 33.5 Å². The first-order chi connectivity index (χ1) is 12.4. The second-order valence-electron chi connectivity index (χ2n) is 5.62. The van der Waals surface area contributed by atoms with Crippen molar-refractivity contribution in [3.8, 4) is 5.75 Å². The van der Waals surface area contributed by atoms with Crippen molar-refractivity contribution in [2.45, 2.75) is 39.0 Å². The fourth-order valence-electron chi connectivity index (χ4n) is 2.13. The van der Waals surface area contributed by atoms with E-state index in [1.807, 2.05) is 6.92 Å². The number of benzene rings is 1. The van der Waals surface area contributed by atoms with Gasteiger partial charge in [-0.05, 0) is 42.5 Å². The predicted molar refractivity (Wildman–Crippen MR) is 103 cm³/mol. The second kappa shape index (κ2) is 11.6. The van der Waals surface area contributed by atoms with Gasteiger partial charge in [0.25, 0.3) is 0 Å². The SMILES string of the molecule is C=C(CC)C(=O)c1ccc(OCC(=O)CCCCCN=[N+]=[N-])c(Cl)c1Cl. The Hall–Kier alpha value is -2.01. The van der Waals surface area contributed by atoms with Gasteiger partial charge in [-0.15, -0.1) is 0 Å². The molecule has 8 heteroatoms. The Morgan fingerprint density at radius 1 is 1.23 bits per heavy atom. The van der Waals surface area contributed by atoms with Gasteiger partial charge in [0.1, 0.15) is 17.4 Å². The highest BCUT2D eigenvalue weighted by Gasteiger charge is 2.18. The molecule has 0 aliphatic heterocycles. The van der Waals surface area contributed by atoms with Crippen molar-refractivity contribution < 1.29 is 14.3 Å². The van der Waals surface area contributed by atoms with E-state index in [1.54, 1.807) is 0 Å². The standard InChI is InChI=1S/C18H21Cl2N3O3/c1-3-12(2)18(25)14-8-9-15(17(20)16(14)19)26-11-13(24)7-5-4-6-10-22-23-21/h8-9H,2-7,10-11H2,1H3. The third kappa shape index (κ3) is 6.71. The molecule has 1 aromatic rings. The van der Waals surface area contributed by atoms with Crippen molar-refractivity contribution in [2.75, 3.05) is 13.2 Å². The van der Waals surface area contributed by atoms with Crippen LogP contribution in [0.2, 0.25) is 10.0 Å². The number of rotatable bonds is 12. The van der Waals surface area contributed by atoms with Crippen LogP contribution in [0.4, 0.5) is 0 Å². The molecule has 0 bridgehead atoms. The molecule has 0 spiro atoms. The zero-order valence-electron chi connectivity index (χ0n) is 14.6. The zero-order valence-corrected chi connectivity index (χ0v) is 16.1. The van der Waals surface area contributed by atoms with Gasteiger partial charge in [-0.1, -0.05) is 48.2 Å². The van der Waals surface area contributed by atoms with Crippen LogP contribution >= 0.6 is 23.2 Å². The Bertz CT molecular complexity index is 729. The molecule has 0 radical (unpaired) electrons. The highest BCUT2D eigenvalue weighted by atomic mass is 35.5. The lowest BCUT2D eigenvalue weighted by Gasteiger charge is -2.11. The van der Waals surface area contributed by atoms with Crippen molar-refractivity contribution >= 4 is 34.8 Å². The number of ether oxygens (including phenoxy) is 1. The molecule has 0 aliphatic rings. The molecule has 0 unspecified atom stereocenters. The Kier molecular flexibility index (Phi) is 9.81. The first kappa shape index (κ1) is 22.0. The summed E-state index contributed by atoms with van der Waals surface area (Å²) in [5.74, 6) is -0.0738. The van der Waals surface area contributed by atoms with E-state index in [0.29, 0.717) is 31.4 Å². The van der Waals surface area contributed by atoms with Crippen LogP contribution in [0, 0.1) is 0 Å². The van der Waals surface area contributed by atoms with Crippen LogP contribution in [0.5, 0.6) is 5.75 Å². The number of unbranched alkanes of at least 4 members (excludes halogenated alkanes) is 2. The maximum absolute atomic E-state index is 12.2. The lowest BCUT2D eigenvalue weighted by Crippen LogP contribution is -2.11. The third-order valence-corrected chi connectivity index (χ3v) is 4.57. The summed E-state index contributed by atoms with van der Waals surface area (Å²) in [7, 11) is 0. The number of nitrogens with zero attached hydrogens (tertiary/aromatic N) is 3. The van der Waals surface area contributed by atoms with Gasteiger partial charge in [-0.3, -0.25) is 9.59 Å². The van der Waals surface area contributed by atoms with Gasteiger partial charge < -0.3 is 4.74 Å². The van der Waals surface area contributed by atoms with Crippen LogP contribution in [0.1, 0.15) is 49.4 Å². The summed E-state index contributed by atoms with van der Waals surface area (Å²) in [5.41, 5.74) is 8.87. The molecule has 0 heterocycles. The van der Waals surface area contributed by atoms with E-state index >= 15 is 0 Å². The highest BCUT2D eigenvalue weighted by molar-refractivity contribution is 6.45. The van der Waals surface area contributed by atoms with Gasteiger partial charge in [-0.25, -0.2) is 0 Å². The van der Waals surface area contributed by atoms with Crippen molar-refractivity contribution in [1.29, 1.82) is 0 Å². The highest BCUT2D eigenvalue weighted by Crippen LogP contribution is 2.35. The Morgan fingerprint density at radius 2 is 1.96 bits per heavy atom. The van der Waals surface area contributed by atoms with E-state index < -0.39 is 0 Å². The van der Waals surface area contributed by atoms with Crippen molar-refractivity contribution in [3.63, 3.8) is 0 Å². The van der Waals surface area contributed by atoms with E-state index in [1.165, 1.54) is 12.1 Å². The van der Waals surface area contributed by atoms with Gasteiger partial charge in [0, 0.05) is 23.4 Å². The van der Waals surface area contributed by atoms with E-state index in [0.717, 1.165) is 12.8 Å². The minimum absolute atomic E-state index is 0.0690. The summed E-state index contributed by atoms with van der Waals surface area (Å²) in [6.45, 7) is 5.84. The molecule has 0 fully saturated rings. The van der Waals surface area contributed by atoms with E-state index in [9.17, 15) is 9.59 Å². The topological polar surface area (TPSA) is 92.1 Å². The molecular formula is C18H21Cl2N3O3. The molecule has 0 aliphatic carbocycles. The lowest BCUT2D eigenvalue weighted by molar-refractivity contribution is -0.121. The number of hydrogen-bond acceptors (Lipinski definition) is 4. The van der Waals surface area contributed by atoms with Gasteiger partial charge in [0.15, 0.2) is 11.6 Å². The van der Waals surface area contributed by atoms with Gasteiger partial charge in [0.05, 0.1) is 5.02 Å². The van der Waals surface area contributed by atoms with Gasteiger partial charge in [-0.2, -0.15) is 0 Å². The van der Waals surface area contributed by atoms with Crippen LogP contribution in [0.25, 0.3) is 10.4 Å². The fourth-order valence-corrected chi connectivity index (χ4v) is 2.59. The molecule has 0 aromatic heterocycles. The number of allylic oxidation sites excluding steroid dienone is 1. The average molecular weight is 398 g/mol. The number of halogens is 2. The normalized spacial score (nSPS) is 10.1. The number of Topliss-reactive ketones (excluding diaryl/α,β-unsaturated/α-hetero) is 2. The molecule has 1 rings (SSSR count). The number of hydrogen-bond donors (Lipinski definition) is 0. The Balaban J connectivity index is 2.56. The molecule has 0 amide bonds. The number of carbonyl (C=O) groups excluding carboxylic acids is 2. The van der Waals surface area contributed by atoms with Crippen molar-refractivity contribution in [3.05, 3.63) is 50.3 Å². The Morgan fingerprint density at radius 3 is 2.62 bits per heavy atom. The monoisotopic (exact) mass is 397 g/mol. The summed E-state index contributed by atoms with van der Waals surface area (Å²) in [6, 6.07) is 3.05. The Labute approximate surface area is 162 Å². The van der Waals surface area contributed by atoms with Gasteiger partial charge in [0.2, 0.25) is 0 Å². The molecule has 140 valence electrons. The molecule has 0 N–H and O–H groups in total. The van der Waals surface area contributed by atoms with E-state index in [-0.39, 0.29) is 39.5 Å². The lowest BCUT2D eigenvalue weighted by atomic mass is 10.0. The number of ketones is 2. The van der Waals surface area contributed by atoms with Crippen LogP contribution in [0.3, 0.4) is 0 Å². The smallest absolute Gasteiger partial charge is 0.189 e. The predicted octanol–water partition coefficient (Wildman–Crippen LogP) is 5.96. The maximum atomic E-state index is 12.2. The quantitative estimate of drug-likeness (QED) is 0.109. The van der Waals surface area contributed by atoms with Crippen LogP contribution in [0.15, 0.2) is 29.4 Å². The van der Waals surface area contributed by atoms with Crippen molar-refractivity contribution in [1.82, 2.24) is 0 Å². The minimum atomic E-state index is -0.261. The molecule has 1 aromatic carbocycles. The first-order valence-electron chi connectivity index (χ1n) is 8.28. The number of carbonyl (C=O) groups is 2. The summed E-state index contributed by atoms with van der Waals surface area (Å²) in [6.07, 6.45) is 3.13. The summed E-state index contributed by atoms with van der Waals surface area (Å²) in [5, 5.41) is 3.62. The van der Waals surface area contributed by atoms with Crippen molar-refractivity contribution in [2.24, 2.45) is 5.11 Å². The average Bonchev–Trinajstić information content (AvgIpc) is 2.64. The molecule has 0 atom stereocenters. The molecule has 6 nitrogen and oxygen atoms in total. The fraction of sp³-hybridized carbons (Fsp3) is 0.444. The van der Waals surface area contributed by atoms with Crippen LogP contribution in [-0.2, 0) is 4.79 Å². The number of azide groups is 1.